The Morgan fingerprint density at radius 1 is 1.23 bits per heavy atom. The van der Waals surface area contributed by atoms with E-state index in [0.717, 1.165) is 0 Å². The number of ether oxygens (including phenoxy) is 1. The Labute approximate surface area is 234 Å². The van der Waals surface area contributed by atoms with Gasteiger partial charge in [-0.05, 0) is 43.5 Å². The number of hydrogen-bond acceptors (Lipinski definition) is 6. The molecule has 4 heterocycles. The number of aromatic amines is 1. The molecule has 0 saturated carbocycles. The van der Waals surface area contributed by atoms with Gasteiger partial charge in [0.25, 0.3) is 0 Å². The second-order valence-corrected chi connectivity index (χ2v) is 9.72. The summed E-state index contributed by atoms with van der Waals surface area (Å²) in [6.07, 6.45) is 7.87. The molecule has 0 radical (unpaired) electrons. The molecule has 4 N–H and O–H groups in total. The van der Waals surface area contributed by atoms with Crippen LogP contribution in [-0.2, 0) is 9.53 Å². The summed E-state index contributed by atoms with van der Waals surface area (Å²) >= 11 is 5.85. The minimum absolute atomic E-state index is 0.193. The summed E-state index contributed by atoms with van der Waals surface area (Å²) in [4.78, 5) is 50.9. The summed E-state index contributed by atoms with van der Waals surface area (Å²) in [5.74, 6) is -0.281. The van der Waals surface area contributed by atoms with Gasteiger partial charge in [-0.3, -0.25) is 10.1 Å². The van der Waals surface area contributed by atoms with Crippen LogP contribution in [0.2, 0.25) is 5.15 Å². The molecule has 11 nitrogen and oxygen atoms in total. The number of urea groups is 1. The minimum atomic E-state index is -0.643. The van der Waals surface area contributed by atoms with Crippen LogP contribution in [0.5, 0.6) is 0 Å². The number of benzene rings is 1. The fourth-order valence-corrected chi connectivity index (χ4v) is 5.00. The van der Waals surface area contributed by atoms with E-state index in [1.165, 1.54) is 19.4 Å². The molecule has 2 aliphatic rings. The van der Waals surface area contributed by atoms with Crippen LogP contribution in [0.25, 0.3) is 11.3 Å². The number of pyridine rings is 1. The molecule has 2 aliphatic heterocycles. The Hall–Kier alpha value is -4.45. The number of halogens is 2. The molecule has 1 fully saturated rings. The Morgan fingerprint density at radius 3 is 2.88 bits per heavy atom. The van der Waals surface area contributed by atoms with Crippen molar-refractivity contribution in [2.45, 2.75) is 37.8 Å². The SMILES string of the molecule is COC(=O)Nc1ccc2c(c1)NC(=O)CCC=CCC(N1CCC(c3ccnc(Cl)c3F)NC1=O)c1ncc-2[nH]1. The third kappa shape index (κ3) is 5.76. The summed E-state index contributed by atoms with van der Waals surface area (Å²) in [5, 5.41) is 8.15. The quantitative estimate of drug-likeness (QED) is 0.249. The van der Waals surface area contributed by atoms with Crippen LogP contribution >= 0.6 is 11.6 Å². The first-order chi connectivity index (χ1) is 19.3. The van der Waals surface area contributed by atoms with Gasteiger partial charge in [0.05, 0.1) is 36.8 Å². The van der Waals surface area contributed by atoms with Crippen LogP contribution in [0, 0.1) is 5.82 Å². The van der Waals surface area contributed by atoms with Gasteiger partial charge in [-0.15, -0.1) is 0 Å². The van der Waals surface area contributed by atoms with E-state index in [9.17, 15) is 18.8 Å². The van der Waals surface area contributed by atoms with Gasteiger partial charge in [0.15, 0.2) is 11.0 Å². The van der Waals surface area contributed by atoms with Gasteiger partial charge in [-0.25, -0.2) is 23.9 Å². The van der Waals surface area contributed by atoms with E-state index >= 15 is 0 Å². The first-order valence-electron chi connectivity index (χ1n) is 12.7. The molecule has 40 heavy (non-hydrogen) atoms. The molecule has 13 heteroatoms. The molecule has 2 atom stereocenters. The van der Waals surface area contributed by atoms with Gasteiger partial charge in [-0.2, -0.15) is 0 Å². The smallest absolute Gasteiger partial charge is 0.411 e. The maximum Gasteiger partial charge on any atom is 0.411 e. The molecule has 2 bridgehead atoms. The van der Waals surface area contributed by atoms with Crippen molar-refractivity contribution >= 4 is 41.0 Å². The molecule has 1 saturated heterocycles. The summed E-state index contributed by atoms with van der Waals surface area (Å²) in [7, 11) is 1.26. The number of carbonyl (C=O) groups is 3. The van der Waals surface area contributed by atoms with Crippen LogP contribution < -0.4 is 16.0 Å². The molecule has 4 amide bonds. The van der Waals surface area contributed by atoms with Crippen molar-refractivity contribution in [3.05, 3.63) is 71.2 Å². The predicted molar refractivity (Wildman–Crippen MR) is 146 cm³/mol. The van der Waals surface area contributed by atoms with Crippen LogP contribution in [0.15, 0.2) is 48.8 Å². The van der Waals surface area contributed by atoms with Gasteiger partial charge < -0.3 is 25.3 Å². The zero-order chi connectivity index (χ0) is 28.2. The Morgan fingerprint density at radius 2 is 2.08 bits per heavy atom. The highest BCUT2D eigenvalue weighted by atomic mass is 35.5. The number of imidazole rings is 1. The standard InChI is InChI=1S/C27H27ClFN7O4/c1-40-27(39)32-15-7-8-16-19(13-15)33-22(37)6-4-2-3-5-21(25-31-14-20(16)34-25)36-12-10-18(35-26(36)38)17-9-11-30-24(28)23(17)29/h2-3,7-9,11,13-14,18,21H,4-6,10,12H2,1H3,(H,31,34)(H,32,39)(H,33,37)(H,35,38). The van der Waals surface area contributed by atoms with Crippen molar-refractivity contribution in [2.75, 3.05) is 24.3 Å². The topological polar surface area (TPSA) is 141 Å². The molecule has 208 valence electrons. The largest absolute Gasteiger partial charge is 0.453 e. The van der Waals surface area contributed by atoms with Gasteiger partial charge in [0, 0.05) is 36.0 Å². The third-order valence-electron chi connectivity index (χ3n) is 6.84. The zero-order valence-electron chi connectivity index (χ0n) is 21.5. The minimum Gasteiger partial charge on any atom is -0.453 e. The highest BCUT2D eigenvalue weighted by molar-refractivity contribution is 6.29. The number of hydrogen-bond donors (Lipinski definition) is 4. The second-order valence-electron chi connectivity index (χ2n) is 9.36. The van der Waals surface area contributed by atoms with Gasteiger partial charge in [0.2, 0.25) is 5.91 Å². The Kier molecular flexibility index (Phi) is 7.96. The third-order valence-corrected chi connectivity index (χ3v) is 7.10. The lowest BCUT2D eigenvalue weighted by Crippen LogP contribution is -2.49. The van der Waals surface area contributed by atoms with Crippen molar-refractivity contribution in [2.24, 2.45) is 0 Å². The summed E-state index contributed by atoms with van der Waals surface area (Å²) in [6.45, 7) is 0.351. The molecule has 0 aliphatic carbocycles. The number of aromatic nitrogens is 3. The lowest BCUT2D eigenvalue weighted by Gasteiger charge is -2.37. The first kappa shape index (κ1) is 27.1. The van der Waals surface area contributed by atoms with Crippen molar-refractivity contribution in [3.63, 3.8) is 0 Å². The molecule has 2 aromatic heterocycles. The van der Waals surface area contributed by atoms with Crippen molar-refractivity contribution in [1.29, 1.82) is 0 Å². The number of allylic oxidation sites excluding steroid dienone is 1. The Balaban J connectivity index is 1.44. The lowest BCUT2D eigenvalue weighted by molar-refractivity contribution is -0.116. The summed E-state index contributed by atoms with van der Waals surface area (Å²) < 4.78 is 19.2. The van der Waals surface area contributed by atoms with Gasteiger partial charge in [0.1, 0.15) is 5.82 Å². The fraction of sp³-hybridized carbons (Fsp3) is 0.296. The average Bonchev–Trinajstić information content (AvgIpc) is 3.42. The van der Waals surface area contributed by atoms with E-state index in [0.29, 0.717) is 54.3 Å². The number of fused-ring (bicyclic) bond motifs is 4. The molecular weight excluding hydrogens is 541 g/mol. The molecular formula is C27H27ClFN7O4. The first-order valence-corrected chi connectivity index (χ1v) is 13.1. The van der Waals surface area contributed by atoms with Crippen molar-refractivity contribution in [1.82, 2.24) is 25.2 Å². The average molecular weight is 568 g/mol. The number of rotatable bonds is 3. The van der Waals surface area contributed by atoms with Crippen LogP contribution in [-0.4, -0.2) is 51.5 Å². The van der Waals surface area contributed by atoms with Crippen molar-refractivity contribution < 1.29 is 23.5 Å². The maximum atomic E-state index is 14.6. The van der Waals surface area contributed by atoms with E-state index in [4.69, 9.17) is 11.6 Å². The van der Waals surface area contributed by atoms with Crippen LogP contribution in [0.3, 0.4) is 0 Å². The maximum absolute atomic E-state index is 14.6. The molecule has 1 aromatic carbocycles. The Bertz CT molecular complexity index is 1480. The van der Waals surface area contributed by atoms with Crippen LogP contribution in [0.4, 0.5) is 25.4 Å². The number of methoxy groups -OCH3 is 1. The highest BCUT2D eigenvalue weighted by Gasteiger charge is 2.34. The number of nitrogens with one attached hydrogen (secondary N) is 4. The number of H-pyrrole nitrogens is 1. The monoisotopic (exact) mass is 567 g/mol. The number of carbonyl (C=O) groups excluding carboxylic acids is 3. The van der Waals surface area contributed by atoms with Gasteiger partial charge >= 0.3 is 12.1 Å². The predicted octanol–water partition coefficient (Wildman–Crippen LogP) is 5.32. The van der Waals surface area contributed by atoms with E-state index in [1.54, 1.807) is 29.3 Å². The number of nitrogens with zero attached hydrogens (tertiary/aromatic N) is 3. The fourth-order valence-electron chi connectivity index (χ4n) is 4.83. The number of anilines is 2. The normalized spacial score (nSPS) is 19.3. The second kappa shape index (κ2) is 11.7. The molecule has 2 unspecified atom stereocenters. The van der Waals surface area contributed by atoms with Crippen molar-refractivity contribution in [3.8, 4) is 11.3 Å². The van der Waals surface area contributed by atoms with Crippen LogP contribution in [0.1, 0.15) is 49.2 Å². The highest BCUT2D eigenvalue weighted by Crippen LogP contribution is 2.35. The van der Waals surface area contributed by atoms with Gasteiger partial charge in [-0.1, -0.05) is 23.8 Å². The summed E-state index contributed by atoms with van der Waals surface area (Å²) in [5.41, 5.74) is 2.48. The van der Waals surface area contributed by atoms with E-state index in [-0.39, 0.29) is 29.1 Å². The van der Waals surface area contributed by atoms with E-state index < -0.39 is 24.0 Å². The molecule has 0 spiro atoms. The molecule has 5 rings (SSSR count). The van der Waals surface area contributed by atoms with E-state index in [1.807, 2.05) is 12.2 Å². The van der Waals surface area contributed by atoms with E-state index in [2.05, 4.69) is 35.6 Å². The lowest BCUT2D eigenvalue weighted by atomic mass is 10.0. The number of amides is 4. The molecule has 3 aromatic rings. The summed E-state index contributed by atoms with van der Waals surface area (Å²) in [6, 6.07) is 5.24. The zero-order valence-corrected chi connectivity index (χ0v) is 22.3.